The largest absolute Gasteiger partial charge is 0.550 e. The number of carboxylic acid groups (broad SMARTS) is 1. The number of aryl methyl sites for hydroxylation is 2. The molecule has 0 aliphatic carbocycles. The van der Waals surface area contributed by atoms with Crippen LogP contribution in [0.25, 0.3) is 0 Å². The molecule has 132 valence electrons. The van der Waals surface area contributed by atoms with Crippen molar-refractivity contribution in [3.63, 3.8) is 0 Å². The van der Waals surface area contributed by atoms with Crippen LogP contribution in [0.3, 0.4) is 0 Å². The minimum absolute atomic E-state index is 0.308. The van der Waals surface area contributed by atoms with Gasteiger partial charge in [-0.15, -0.1) is 0 Å². The quantitative estimate of drug-likeness (QED) is 0.688. The normalized spacial score (nSPS) is 13.1. The zero-order valence-electron chi connectivity index (χ0n) is 14.5. The highest BCUT2D eigenvalue weighted by atomic mass is 127. The Morgan fingerprint density at radius 2 is 1.64 bits per heavy atom. The van der Waals surface area contributed by atoms with E-state index in [-0.39, 0.29) is 5.91 Å². The van der Waals surface area contributed by atoms with Crippen molar-refractivity contribution in [3.05, 3.63) is 62.7 Å². The molecule has 2 aromatic carbocycles. The summed E-state index contributed by atoms with van der Waals surface area (Å²) < 4.78 is 1.06. The molecule has 2 rings (SSSR count). The lowest BCUT2D eigenvalue weighted by molar-refractivity contribution is -0.312. The molecule has 5 heteroatoms. The van der Waals surface area contributed by atoms with Crippen molar-refractivity contribution in [2.45, 2.75) is 27.2 Å². The summed E-state index contributed by atoms with van der Waals surface area (Å²) in [5, 5.41) is 14.2. The molecule has 2 aromatic rings. The topological polar surface area (TPSA) is 69.2 Å². The van der Waals surface area contributed by atoms with Crippen molar-refractivity contribution in [1.82, 2.24) is 0 Å². The van der Waals surface area contributed by atoms with Gasteiger partial charge in [0.2, 0.25) is 5.91 Å². The number of carbonyl (C=O) groups is 2. The van der Waals surface area contributed by atoms with E-state index >= 15 is 0 Å². The maximum atomic E-state index is 12.7. The van der Waals surface area contributed by atoms with Crippen LogP contribution >= 0.6 is 22.6 Å². The monoisotopic (exact) mass is 450 g/mol. The van der Waals surface area contributed by atoms with Gasteiger partial charge in [-0.3, -0.25) is 4.79 Å². The zero-order valence-corrected chi connectivity index (χ0v) is 16.7. The summed E-state index contributed by atoms with van der Waals surface area (Å²) in [7, 11) is 0. The van der Waals surface area contributed by atoms with Crippen molar-refractivity contribution in [2.75, 3.05) is 5.32 Å². The molecule has 2 atom stereocenters. The lowest BCUT2D eigenvalue weighted by Gasteiger charge is -2.24. The molecule has 0 heterocycles. The minimum atomic E-state index is -1.22. The van der Waals surface area contributed by atoms with E-state index in [4.69, 9.17) is 0 Å². The summed E-state index contributed by atoms with van der Waals surface area (Å²) in [6, 6.07) is 13.4. The third kappa shape index (κ3) is 5.56. The van der Waals surface area contributed by atoms with Crippen molar-refractivity contribution in [3.8, 4) is 0 Å². The molecule has 0 saturated heterocycles. The number of anilines is 1. The number of aliphatic carboxylic acids is 1. The summed E-state index contributed by atoms with van der Waals surface area (Å²) in [4.78, 5) is 24.1. The number of halogens is 1. The summed E-state index contributed by atoms with van der Waals surface area (Å²) in [6.07, 6.45) is 0.355. The Kier molecular flexibility index (Phi) is 6.58. The molecule has 1 N–H and O–H groups in total. The van der Waals surface area contributed by atoms with Crippen LogP contribution in [-0.4, -0.2) is 11.9 Å². The Balaban J connectivity index is 2.23. The van der Waals surface area contributed by atoms with Gasteiger partial charge in [0.15, 0.2) is 0 Å². The molecule has 25 heavy (non-hydrogen) atoms. The third-order valence-electron chi connectivity index (χ3n) is 4.16. The van der Waals surface area contributed by atoms with Gasteiger partial charge in [-0.1, -0.05) is 36.2 Å². The second-order valence-electron chi connectivity index (χ2n) is 6.41. The van der Waals surface area contributed by atoms with Crippen LogP contribution < -0.4 is 10.4 Å². The van der Waals surface area contributed by atoms with Crippen molar-refractivity contribution in [1.29, 1.82) is 0 Å². The van der Waals surface area contributed by atoms with Gasteiger partial charge in [0.1, 0.15) is 0 Å². The number of carbonyl (C=O) groups excluding carboxylic acids is 2. The van der Waals surface area contributed by atoms with Crippen molar-refractivity contribution >= 4 is 40.2 Å². The molecular weight excluding hydrogens is 429 g/mol. The molecule has 0 radical (unpaired) electrons. The van der Waals surface area contributed by atoms with Gasteiger partial charge in [-0.2, -0.15) is 0 Å². The Hall–Kier alpha value is -1.89. The number of hydrogen-bond acceptors (Lipinski definition) is 3. The molecule has 1 amide bonds. The first-order chi connectivity index (χ1) is 11.8. The highest BCUT2D eigenvalue weighted by molar-refractivity contribution is 14.1. The van der Waals surface area contributed by atoms with E-state index in [0.717, 1.165) is 20.3 Å². The molecule has 0 bridgehead atoms. The van der Waals surface area contributed by atoms with Crippen LogP contribution in [-0.2, 0) is 16.0 Å². The van der Waals surface area contributed by atoms with E-state index < -0.39 is 17.8 Å². The van der Waals surface area contributed by atoms with Crippen LogP contribution in [0.2, 0.25) is 0 Å². The zero-order chi connectivity index (χ0) is 18.6. The molecule has 0 saturated carbocycles. The summed E-state index contributed by atoms with van der Waals surface area (Å²) in [6.45, 7) is 5.49. The van der Waals surface area contributed by atoms with Gasteiger partial charge in [-0.05, 0) is 72.7 Å². The maximum absolute atomic E-state index is 12.7. The number of hydrogen-bond donors (Lipinski definition) is 1. The molecule has 0 unspecified atom stereocenters. The lowest BCUT2D eigenvalue weighted by Crippen LogP contribution is -2.40. The Morgan fingerprint density at radius 3 is 2.16 bits per heavy atom. The fourth-order valence-electron chi connectivity index (χ4n) is 2.87. The first-order valence-corrected chi connectivity index (χ1v) is 9.18. The number of rotatable bonds is 6. The van der Waals surface area contributed by atoms with Gasteiger partial charge in [0, 0.05) is 21.1 Å². The molecule has 0 aromatic heterocycles. The lowest BCUT2D eigenvalue weighted by atomic mass is 9.86. The van der Waals surface area contributed by atoms with Crippen LogP contribution in [0.15, 0.2) is 42.5 Å². The standard InChI is InChI=1S/C20H22INO3/c1-12-8-13(2)10-15(9-12)11-18(14(3)20(24)25)19(23)22-17-6-4-16(21)5-7-17/h4-10,14,18H,11H2,1-3H3,(H,22,23)(H,24,25)/p-1/t14-,18-/m0/s1. The molecule has 0 spiro atoms. The van der Waals surface area contributed by atoms with Crippen LogP contribution in [0.4, 0.5) is 5.69 Å². The first-order valence-electron chi connectivity index (χ1n) is 8.10. The second-order valence-corrected chi connectivity index (χ2v) is 7.66. The van der Waals surface area contributed by atoms with E-state index in [2.05, 4.69) is 27.9 Å². The number of nitrogens with one attached hydrogen (secondary N) is 1. The van der Waals surface area contributed by atoms with Gasteiger partial charge < -0.3 is 15.2 Å². The van der Waals surface area contributed by atoms with Gasteiger partial charge in [-0.25, -0.2) is 0 Å². The summed E-state index contributed by atoms with van der Waals surface area (Å²) in [5.74, 6) is -3.11. The number of benzene rings is 2. The third-order valence-corrected chi connectivity index (χ3v) is 4.88. The SMILES string of the molecule is Cc1cc(C)cc(C[C@H](C(=O)Nc2ccc(I)cc2)[C@H](C)C(=O)[O-])c1. The fourth-order valence-corrected chi connectivity index (χ4v) is 3.23. The Bertz CT molecular complexity index is 751. The van der Waals surface area contributed by atoms with Crippen LogP contribution in [0.5, 0.6) is 0 Å². The predicted molar refractivity (Wildman–Crippen MR) is 105 cm³/mol. The maximum Gasteiger partial charge on any atom is 0.228 e. The Morgan fingerprint density at radius 1 is 1.08 bits per heavy atom. The average molecular weight is 450 g/mol. The van der Waals surface area contributed by atoms with Crippen LogP contribution in [0.1, 0.15) is 23.6 Å². The first kappa shape index (κ1) is 19.4. The molecule has 0 fully saturated rings. The molecule has 0 aliphatic heterocycles. The van der Waals surface area contributed by atoms with Crippen molar-refractivity contribution in [2.24, 2.45) is 11.8 Å². The van der Waals surface area contributed by atoms with E-state index in [0.29, 0.717) is 12.1 Å². The molecule has 4 nitrogen and oxygen atoms in total. The molecular formula is C20H21INO3-. The average Bonchev–Trinajstić information content (AvgIpc) is 2.53. The summed E-state index contributed by atoms with van der Waals surface area (Å²) >= 11 is 2.19. The van der Waals surface area contributed by atoms with Crippen LogP contribution in [0, 0.1) is 29.3 Å². The summed E-state index contributed by atoms with van der Waals surface area (Å²) in [5.41, 5.74) is 3.79. The van der Waals surface area contributed by atoms with E-state index in [1.165, 1.54) is 6.92 Å². The smallest absolute Gasteiger partial charge is 0.228 e. The fraction of sp³-hybridized carbons (Fsp3) is 0.300. The Labute approximate surface area is 161 Å². The van der Waals surface area contributed by atoms with E-state index in [1.54, 1.807) is 12.1 Å². The minimum Gasteiger partial charge on any atom is -0.550 e. The predicted octanol–water partition coefficient (Wildman–Crippen LogP) is 3.09. The van der Waals surface area contributed by atoms with Gasteiger partial charge >= 0.3 is 0 Å². The highest BCUT2D eigenvalue weighted by Gasteiger charge is 2.26. The second kappa shape index (κ2) is 8.47. The van der Waals surface area contributed by atoms with Crippen molar-refractivity contribution < 1.29 is 14.7 Å². The van der Waals surface area contributed by atoms with Gasteiger partial charge in [0.25, 0.3) is 0 Å². The number of amides is 1. The number of carboxylic acids is 1. The van der Waals surface area contributed by atoms with E-state index in [1.807, 2.05) is 44.2 Å². The van der Waals surface area contributed by atoms with E-state index in [9.17, 15) is 14.7 Å². The molecule has 0 aliphatic rings. The highest BCUT2D eigenvalue weighted by Crippen LogP contribution is 2.22. The van der Waals surface area contributed by atoms with Gasteiger partial charge in [0.05, 0.1) is 5.92 Å².